The van der Waals surface area contributed by atoms with Crippen molar-refractivity contribution >= 4 is 5.69 Å². The van der Waals surface area contributed by atoms with E-state index in [1.807, 2.05) is 0 Å². The lowest BCUT2D eigenvalue weighted by Crippen LogP contribution is -2.31. The highest BCUT2D eigenvalue weighted by atomic mass is 16.3. The highest BCUT2D eigenvalue weighted by Gasteiger charge is 2.18. The van der Waals surface area contributed by atoms with E-state index in [1.165, 1.54) is 28.4 Å². The van der Waals surface area contributed by atoms with Crippen molar-refractivity contribution in [3.05, 3.63) is 51.6 Å². The lowest BCUT2D eigenvalue weighted by molar-refractivity contribution is 0.343. The Morgan fingerprint density at radius 3 is 2.81 bits per heavy atom. The molecule has 0 spiro atoms. The number of nitrogens with one attached hydrogen (secondary N) is 1. The second-order valence-corrected chi connectivity index (χ2v) is 7.11. The van der Waals surface area contributed by atoms with E-state index in [0.717, 1.165) is 25.0 Å². The number of anilines is 1. The Hall–Kier alpha value is -2.54. The minimum Gasteiger partial charge on any atom is -0.502 e. The number of allylic oxidation sites excluding steroid dienone is 2. The van der Waals surface area contributed by atoms with Crippen LogP contribution in [0.2, 0.25) is 0 Å². The molecular weight excluding hydrogens is 330 g/mol. The van der Waals surface area contributed by atoms with Crippen LogP contribution in [-0.4, -0.2) is 46.5 Å². The lowest BCUT2D eigenvalue weighted by Gasteiger charge is -2.25. The molecule has 1 aromatic rings. The van der Waals surface area contributed by atoms with E-state index in [-0.39, 0.29) is 5.69 Å². The first-order valence-electron chi connectivity index (χ1n) is 8.98. The molecule has 0 amide bonds. The summed E-state index contributed by atoms with van der Waals surface area (Å²) in [7, 11) is 4.16. The van der Waals surface area contributed by atoms with Gasteiger partial charge in [0.2, 0.25) is 5.75 Å². The summed E-state index contributed by atoms with van der Waals surface area (Å²) >= 11 is 0. The molecule has 1 fully saturated rings. The molecule has 4 N–H and O–H groups in total. The van der Waals surface area contributed by atoms with E-state index in [4.69, 9.17) is 5.73 Å². The van der Waals surface area contributed by atoms with Gasteiger partial charge in [-0.05, 0) is 50.9 Å². The Labute approximate surface area is 153 Å². The molecule has 1 unspecified atom stereocenters. The fourth-order valence-electron chi connectivity index (χ4n) is 3.08. The van der Waals surface area contributed by atoms with Crippen molar-refractivity contribution in [3.63, 3.8) is 0 Å². The van der Waals surface area contributed by atoms with E-state index in [1.54, 1.807) is 0 Å². The van der Waals surface area contributed by atoms with Crippen LogP contribution in [0.25, 0.3) is 0 Å². The maximum absolute atomic E-state index is 12.2. The van der Waals surface area contributed by atoms with Crippen molar-refractivity contribution in [1.29, 1.82) is 0 Å². The third-order valence-corrected chi connectivity index (χ3v) is 5.06. The number of aromatic hydroxyl groups is 1. The topological polar surface area (TPSA) is 96.4 Å². The number of aromatic nitrogens is 2. The number of nitrogens with two attached hydrogens (primary N) is 1. The summed E-state index contributed by atoms with van der Waals surface area (Å²) in [6, 6.07) is 0.448. The van der Waals surface area contributed by atoms with E-state index in [0.29, 0.717) is 19.1 Å². The number of hydrogen-bond acceptors (Lipinski definition) is 6. The first-order chi connectivity index (χ1) is 12.5. The van der Waals surface area contributed by atoms with Gasteiger partial charge in [-0.1, -0.05) is 18.2 Å². The third kappa shape index (κ3) is 3.99. The second kappa shape index (κ2) is 7.78. The molecule has 26 heavy (non-hydrogen) atoms. The standard InChI is InChI=1S/C19H27N5O2/c1-23(2)15-8-6-13(7-9-15)10-21-17(14-4-3-5-14)12-24-19(26)18(25)16(20)11-22-24/h6-8,11,15,21,25H,3-5,9-10,12,20H2,1-2H3. The van der Waals surface area contributed by atoms with E-state index in [9.17, 15) is 9.90 Å². The maximum atomic E-state index is 12.2. The van der Waals surface area contributed by atoms with Gasteiger partial charge in [0.15, 0.2) is 0 Å². The van der Waals surface area contributed by atoms with E-state index >= 15 is 0 Å². The predicted molar refractivity (Wildman–Crippen MR) is 103 cm³/mol. The molecule has 0 radical (unpaired) electrons. The quantitative estimate of drug-likeness (QED) is 0.712. The van der Waals surface area contributed by atoms with Gasteiger partial charge in [-0.2, -0.15) is 5.10 Å². The highest BCUT2D eigenvalue weighted by Crippen LogP contribution is 2.28. The summed E-state index contributed by atoms with van der Waals surface area (Å²) in [5.41, 5.74) is 8.55. The molecule has 1 saturated carbocycles. The molecule has 0 aliphatic heterocycles. The summed E-state index contributed by atoms with van der Waals surface area (Å²) in [5.74, 6) is -0.439. The second-order valence-electron chi connectivity index (χ2n) is 7.11. The smallest absolute Gasteiger partial charge is 0.311 e. The van der Waals surface area contributed by atoms with Gasteiger partial charge < -0.3 is 21.1 Å². The van der Waals surface area contributed by atoms with Crippen molar-refractivity contribution in [1.82, 2.24) is 20.0 Å². The van der Waals surface area contributed by atoms with Gasteiger partial charge in [-0.3, -0.25) is 4.79 Å². The molecule has 7 nitrogen and oxygen atoms in total. The number of likely N-dealkylation sites (N-methyl/N-ethyl adjacent to an activating group) is 1. The van der Waals surface area contributed by atoms with Crippen LogP contribution in [-0.2, 0) is 6.54 Å². The van der Waals surface area contributed by atoms with Gasteiger partial charge >= 0.3 is 5.56 Å². The van der Waals surface area contributed by atoms with Gasteiger partial charge in [-0.25, -0.2) is 4.68 Å². The van der Waals surface area contributed by atoms with Crippen LogP contribution < -0.4 is 16.6 Å². The molecule has 0 saturated heterocycles. The largest absolute Gasteiger partial charge is 0.502 e. The van der Waals surface area contributed by atoms with Crippen LogP contribution in [0, 0.1) is 0 Å². The molecule has 7 heteroatoms. The van der Waals surface area contributed by atoms with Crippen molar-refractivity contribution in [3.8, 4) is 5.75 Å². The van der Waals surface area contributed by atoms with Gasteiger partial charge in [0, 0.05) is 18.3 Å². The summed E-state index contributed by atoms with van der Waals surface area (Å²) in [4.78, 5) is 14.4. The summed E-state index contributed by atoms with van der Waals surface area (Å²) in [5, 5.41) is 17.3. The Morgan fingerprint density at radius 1 is 1.46 bits per heavy atom. The van der Waals surface area contributed by atoms with Gasteiger partial charge in [-0.15, -0.1) is 0 Å². The molecule has 0 aromatic carbocycles. The molecule has 1 aromatic heterocycles. The fraction of sp³-hybridized carbons (Fsp3) is 0.474. The zero-order valence-electron chi connectivity index (χ0n) is 15.4. The van der Waals surface area contributed by atoms with Crippen LogP contribution >= 0.6 is 0 Å². The molecule has 1 heterocycles. The van der Waals surface area contributed by atoms with Crippen molar-refractivity contribution < 1.29 is 5.11 Å². The Bertz CT molecular complexity index is 814. The van der Waals surface area contributed by atoms with Crippen LogP contribution in [0.15, 0.2) is 46.1 Å². The number of nitrogen functional groups attached to an aromatic ring is 1. The minimum absolute atomic E-state index is 0.00463. The number of rotatable bonds is 6. The minimum atomic E-state index is -0.560. The molecular formula is C19H27N5O2. The average Bonchev–Trinajstić information content (AvgIpc) is 2.58. The van der Waals surface area contributed by atoms with Crippen molar-refractivity contribution in [2.45, 2.75) is 38.3 Å². The van der Waals surface area contributed by atoms with Crippen LogP contribution in [0.1, 0.15) is 25.7 Å². The SMILES string of the molecule is CN(C)C1C=CC(CNC(Cn2ncc(N)c(O)c2=O)=C2CCC2)=CC1. The molecule has 2 aliphatic carbocycles. The van der Waals surface area contributed by atoms with Gasteiger partial charge in [0.25, 0.3) is 0 Å². The van der Waals surface area contributed by atoms with Crippen molar-refractivity contribution in [2.24, 2.45) is 0 Å². The normalized spacial score (nSPS) is 19.3. The van der Waals surface area contributed by atoms with Crippen LogP contribution in [0.4, 0.5) is 5.69 Å². The monoisotopic (exact) mass is 357 g/mol. The van der Waals surface area contributed by atoms with Crippen LogP contribution in [0.5, 0.6) is 5.75 Å². The van der Waals surface area contributed by atoms with Gasteiger partial charge in [0.1, 0.15) is 5.69 Å². The fourth-order valence-corrected chi connectivity index (χ4v) is 3.08. The third-order valence-electron chi connectivity index (χ3n) is 5.06. The average molecular weight is 357 g/mol. The van der Waals surface area contributed by atoms with Gasteiger partial charge in [0.05, 0.1) is 12.7 Å². The Morgan fingerprint density at radius 2 is 2.23 bits per heavy atom. The van der Waals surface area contributed by atoms with E-state index < -0.39 is 11.3 Å². The van der Waals surface area contributed by atoms with Crippen LogP contribution in [0.3, 0.4) is 0 Å². The summed E-state index contributed by atoms with van der Waals surface area (Å²) < 4.78 is 1.26. The molecule has 3 rings (SSSR count). The maximum Gasteiger partial charge on any atom is 0.311 e. The summed E-state index contributed by atoms with van der Waals surface area (Å²) in [6.07, 6.45) is 12.2. The Kier molecular flexibility index (Phi) is 5.46. The van der Waals surface area contributed by atoms with E-state index in [2.05, 4.69) is 47.6 Å². The number of nitrogens with zero attached hydrogens (tertiary/aromatic N) is 3. The number of hydrogen-bond donors (Lipinski definition) is 3. The first kappa shape index (κ1) is 18.3. The molecule has 0 bridgehead atoms. The molecule has 2 aliphatic rings. The predicted octanol–water partition coefficient (Wildman–Crippen LogP) is 1.38. The molecule has 140 valence electrons. The molecule has 1 atom stereocenters. The zero-order valence-corrected chi connectivity index (χ0v) is 15.4. The zero-order chi connectivity index (χ0) is 18.7. The Balaban J connectivity index is 1.69. The first-order valence-corrected chi connectivity index (χ1v) is 8.98. The highest BCUT2D eigenvalue weighted by molar-refractivity contribution is 5.47. The lowest BCUT2D eigenvalue weighted by atomic mass is 9.90. The van der Waals surface area contributed by atoms with Crippen molar-refractivity contribution in [2.75, 3.05) is 26.4 Å². The summed E-state index contributed by atoms with van der Waals surface area (Å²) in [6.45, 7) is 1.03.